The molecule has 0 bridgehead atoms. The lowest BCUT2D eigenvalue weighted by Gasteiger charge is -2.38. The second kappa shape index (κ2) is 7.40. The molecule has 0 N–H and O–H groups in total. The third-order valence-electron chi connectivity index (χ3n) is 4.56. The van der Waals surface area contributed by atoms with Crippen LogP contribution < -0.4 is 14.5 Å². The summed E-state index contributed by atoms with van der Waals surface area (Å²) in [5, 5.41) is 0. The van der Waals surface area contributed by atoms with Gasteiger partial charge in [0.2, 0.25) is 0 Å². The van der Waals surface area contributed by atoms with Gasteiger partial charge in [0.25, 0.3) is 0 Å². The van der Waals surface area contributed by atoms with Crippen LogP contribution >= 0.6 is 0 Å². The summed E-state index contributed by atoms with van der Waals surface area (Å²) in [4.78, 5) is 4.95. The predicted molar refractivity (Wildman–Crippen MR) is 97.9 cm³/mol. The highest BCUT2D eigenvalue weighted by molar-refractivity contribution is 5.61. The molecule has 1 heterocycles. The van der Waals surface area contributed by atoms with Crippen LogP contribution in [0.2, 0.25) is 0 Å². The number of ether oxygens (including phenoxy) is 1. The van der Waals surface area contributed by atoms with Gasteiger partial charge in [0.15, 0.2) is 0 Å². The van der Waals surface area contributed by atoms with Crippen molar-refractivity contribution in [3.8, 4) is 5.75 Å². The van der Waals surface area contributed by atoms with Gasteiger partial charge in [0.1, 0.15) is 5.75 Å². The van der Waals surface area contributed by atoms with Gasteiger partial charge in [-0.25, -0.2) is 0 Å². The molecule has 1 aliphatic heterocycles. The normalized spacial score (nSPS) is 14.9. The number of para-hydroxylation sites is 3. The van der Waals surface area contributed by atoms with Gasteiger partial charge in [0, 0.05) is 31.9 Å². The van der Waals surface area contributed by atoms with Crippen LogP contribution in [-0.4, -0.2) is 33.3 Å². The number of piperazine rings is 1. The first kappa shape index (κ1) is 15.7. The Kier molecular flexibility index (Phi) is 5.06. The number of methoxy groups -OCH3 is 1. The molecular weight excluding hydrogens is 284 g/mol. The molecule has 23 heavy (non-hydrogen) atoms. The zero-order chi connectivity index (χ0) is 16.1. The van der Waals surface area contributed by atoms with E-state index in [1.54, 1.807) is 7.11 Å². The van der Waals surface area contributed by atoms with E-state index in [0.717, 1.165) is 38.3 Å². The molecule has 0 saturated carbocycles. The monoisotopic (exact) mass is 310 g/mol. The number of hydrogen-bond acceptors (Lipinski definition) is 3. The molecule has 1 aliphatic rings. The quantitative estimate of drug-likeness (QED) is 0.831. The average Bonchev–Trinajstić information content (AvgIpc) is 2.63. The maximum absolute atomic E-state index is 5.51. The minimum absolute atomic E-state index is 0.965. The van der Waals surface area contributed by atoms with Gasteiger partial charge in [0.05, 0.1) is 12.8 Å². The highest BCUT2D eigenvalue weighted by Crippen LogP contribution is 2.30. The van der Waals surface area contributed by atoms with E-state index in [1.807, 2.05) is 12.1 Å². The Balaban J connectivity index is 1.71. The van der Waals surface area contributed by atoms with E-state index < -0.39 is 0 Å². The van der Waals surface area contributed by atoms with E-state index in [9.17, 15) is 0 Å². The molecule has 0 aromatic heterocycles. The van der Waals surface area contributed by atoms with Crippen molar-refractivity contribution in [2.75, 3.05) is 43.1 Å². The SMILES string of the molecule is CCCc1ccccc1N1CCN(c2ccccc2OC)CC1. The standard InChI is InChI=1S/C20H26N2O/c1-3-8-17-9-4-5-10-18(17)21-13-15-22(16-14-21)19-11-6-7-12-20(19)23-2/h4-7,9-12H,3,8,13-16H2,1-2H3. The zero-order valence-corrected chi connectivity index (χ0v) is 14.2. The van der Waals surface area contributed by atoms with Gasteiger partial charge < -0.3 is 14.5 Å². The van der Waals surface area contributed by atoms with Crippen LogP contribution in [0.25, 0.3) is 0 Å². The molecule has 122 valence electrons. The van der Waals surface area contributed by atoms with Crippen molar-refractivity contribution in [3.05, 3.63) is 54.1 Å². The summed E-state index contributed by atoms with van der Waals surface area (Å²) in [5.74, 6) is 0.965. The van der Waals surface area contributed by atoms with Crippen molar-refractivity contribution in [3.63, 3.8) is 0 Å². The highest BCUT2D eigenvalue weighted by Gasteiger charge is 2.20. The van der Waals surface area contributed by atoms with Crippen molar-refractivity contribution >= 4 is 11.4 Å². The first-order valence-corrected chi connectivity index (χ1v) is 8.54. The van der Waals surface area contributed by atoms with E-state index in [0.29, 0.717) is 0 Å². The number of rotatable bonds is 5. The van der Waals surface area contributed by atoms with E-state index >= 15 is 0 Å². The maximum atomic E-state index is 5.51. The average molecular weight is 310 g/mol. The lowest BCUT2D eigenvalue weighted by molar-refractivity contribution is 0.413. The van der Waals surface area contributed by atoms with Crippen molar-refractivity contribution < 1.29 is 4.74 Å². The Morgan fingerprint density at radius 1 is 0.826 bits per heavy atom. The second-order valence-corrected chi connectivity index (χ2v) is 6.02. The Morgan fingerprint density at radius 3 is 2.04 bits per heavy atom. The minimum Gasteiger partial charge on any atom is -0.495 e. The van der Waals surface area contributed by atoms with Gasteiger partial charge in [-0.05, 0) is 30.2 Å². The fourth-order valence-electron chi connectivity index (χ4n) is 3.38. The van der Waals surface area contributed by atoms with Crippen LogP contribution in [0, 0.1) is 0 Å². The van der Waals surface area contributed by atoms with Crippen molar-refractivity contribution in [2.24, 2.45) is 0 Å². The highest BCUT2D eigenvalue weighted by atomic mass is 16.5. The van der Waals surface area contributed by atoms with Gasteiger partial charge >= 0.3 is 0 Å². The Labute approximate surface area is 139 Å². The summed E-state index contributed by atoms with van der Waals surface area (Å²) in [7, 11) is 1.75. The Morgan fingerprint density at radius 2 is 1.39 bits per heavy atom. The molecule has 1 fully saturated rings. The number of anilines is 2. The number of nitrogens with zero attached hydrogens (tertiary/aromatic N) is 2. The third-order valence-corrected chi connectivity index (χ3v) is 4.56. The lowest BCUT2D eigenvalue weighted by Crippen LogP contribution is -2.46. The largest absolute Gasteiger partial charge is 0.495 e. The van der Waals surface area contributed by atoms with Crippen molar-refractivity contribution in [1.29, 1.82) is 0 Å². The van der Waals surface area contributed by atoms with Gasteiger partial charge in [-0.1, -0.05) is 43.7 Å². The summed E-state index contributed by atoms with van der Waals surface area (Å²) >= 11 is 0. The van der Waals surface area contributed by atoms with Crippen LogP contribution in [0.1, 0.15) is 18.9 Å². The van der Waals surface area contributed by atoms with Crippen molar-refractivity contribution in [2.45, 2.75) is 19.8 Å². The molecule has 0 aliphatic carbocycles. The van der Waals surface area contributed by atoms with Crippen LogP contribution in [0.3, 0.4) is 0 Å². The Bertz CT molecular complexity index is 633. The van der Waals surface area contributed by atoms with Crippen LogP contribution in [0.4, 0.5) is 11.4 Å². The first-order chi connectivity index (χ1) is 11.3. The summed E-state index contributed by atoms with van der Waals surface area (Å²) in [6.07, 6.45) is 2.35. The molecule has 0 atom stereocenters. The van der Waals surface area contributed by atoms with Gasteiger partial charge in [-0.2, -0.15) is 0 Å². The molecule has 3 rings (SSSR count). The number of benzene rings is 2. The summed E-state index contributed by atoms with van der Waals surface area (Å²) in [5.41, 5.74) is 4.09. The zero-order valence-electron chi connectivity index (χ0n) is 14.2. The Hall–Kier alpha value is -2.16. The fraction of sp³-hybridized carbons (Fsp3) is 0.400. The molecule has 0 unspecified atom stereocenters. The molecule has 0 spiro atoms. The first-order valence-electron chi connectivity index (χ1n) is 8.54. The third kappa shape index (κ3) is 3.44. The minimum atomic E-state index is 0.965. The number of aryl methyl sites for hydroxylation is 1. The molecule has 0 amide bonds. The summed E-state index contributed by atoms with van der Waals surface area (Å²) in [6, 6.07) is 17.1. The fourth-order valence-corrected chi connectivity index (χ4v) is 3.38. The second-order valence-electron chi connectivity index (χ2n) is 6.02. The van der Waals surface area contributed by atoms with E-state index in [2.05, 4.69) is 53.1 Å². The predicted octanol–water partition coefficient (Wildman–Crippen LogP) is 3.97. The smallest absolute Gasteiger partial charge is 0.142 e. The lowest BCUT2D eigenvalue weighted by atomic mass is 10.1. The molecular formula is C20H26N2O. The molecule has 2 aromatic rings. The number of hydrogen-bond donors (Lipinski definition) is 0. The van der Waals surface area contributed by atoms with E-state index in [4.69, 9.17) is 4.74 Å². The van der Waals surface area contributed by atoms with Crippen LogP contribution in [0.15, 0.2) is 48.5 Å². The van der Waals surface area contributed by atoms with Gasteiger partial charge in [-0.15, -0.1) is 0 Å². The van der Waals surface area contributed by atoms with Gasteiger partial charge in [-0.3, -0.25) is 0 Å². The molecule has 0 radical (unpaired) electrons. The topological polar surface area (TPSA) is 15.7 Å². The van der Waals surface area contributed by atoms with E-state index in [-0.39, 0.29) is 0 Å². The van der Waals surface area contributed by atoms with Crippen molar-refractivity contribution in [1.82, 2.24) is 0 Å². The molecule has 3 nitrogen and oxygen atoms in total. The summed E-state index contributed by atoms with van der Waals surface area (Å²) in [6.45, 7) is 6.41. The summed E-state index contributed by atoms with van der Waals surface area (Å²) < 4.78 is 5.51. The van der Waals surface area contributed by atoms with Crippen LogP contribution in [0.5, 0.6) is 5.75 Å². The molecule has 3 heteroatoms. The molecule has 2 aromatic carbocycles. The maximum Gasteiger partial charge on any atom is 0.142 e. The van der Waals surface area contributed by atoms with Crippen LogP contribution in [-0.2, 0) is 6.42 Å². The van der Waals surface area contributed by atoms with E-state index in [1.165, 1.54) is 23.4 Å². The molecule has 1 saturated heterocycles.